The van der Waals surface area contributed by atoms with Crippen molar-refractivity contribution >= 4 is 17.7 Å². The SMILES string of the molecule is CCOC(=O)C1=C(c2ccccc2)NC(=O)N[C@H]1c1ccncc1. The fraction of sp³-hybridized carbons (Fsp3) is 0.167. The first kappa shape index (κ1) is 15.7. The molecule has 1 aromatic carbocycles. The number of hydrogen-bond donors (Lipinski definition) is 2. The van der Waals surface area contributed by atoms with Crippen LogP contribution in [-0.2, 0) is 9.53 Å². The molecule has 2 aromatic rings. The molecule has 2 N–H and O–H groups in total. The van der Waals surface area contributed by atoms with Gasteiger partial charge in [0, 0.05) is 12.4 Å². The molecule has 2 amide bonds. The van der Waals surface area contributed by atoms with Gasteiger partial charge in [-0.2, -0.15) is 0 Å². The van der Waals surface area contributed by atoms with Crippen LogP contribution in [-0.4, -0.2) is 23.6 Å². The van der Waals surface area contributed by atoms with Gasteiger partial charge in [0.05, 0.1) is 23.9 Å². The Labute approximate surface area is 139 Å². The van der Waals surface area contributed by atoms with Gasteiger partial charge in [-0.1, -0.05) is 30.3 Å². The largest absolute Gasteiger partial charge is 0.463 e. The maximum Gasteiger partial charge on any atom is 0.338 e. The highest BCUT2D eigenvalue weighted by atomic mass is 16.5. The van der Waals surface area contributed by atoms with Crippen molar-refractivity contribution in [1.82, 2.24) is 15.6 Å². The molecule has 24 heavy (non-hydrogen) atoms. The molecule has 0 fully saturated rings. The van der Waals surface area contributed by atoms with Gasteiger partial charge < -0.3 is 15.4 Å². The van der Waals surface area contributed by atoms with Crippen LogP contribution in [0, 0.1) is 0 Å². The second kappa shape index (κ2) is 6.95. The molecule has 1 atom stereocenters. The highest BCUT2D eigenvalue weighted by Gasteiger charge is 2.34. The summed E-state index contributed by atoms with van der Waals surface area (Å²) < 4.78 is 5.22. The normalized spacial score (nSPS) is 17.0. The van der Waals surface area contributed by atoms with E-state index in [0.29, 0.717) is 11.3 Å². The summed E-state index contributed by atoms with van der Waals surface area (Å²) in [6, 6.07) is 11.8. The van der Waals surface area contributed by atoms with Crippen LogP contribution in [0.5, 0.6) is 0 Å². The van der Waals surface area contributed by atoms with E-state index < -0.39 is 12.0 Å². The summed E-state index contributed by atoms with van der Waals surface area (Å²) in [6.45, 7) is 2.00. The number of rotatable bonds is 4. The number of urea groups is 1. The number of benzene rings is 1. The van der Waals surface area contributed by atoms with E-state index in [-0.39, 0.29) is 12.6 Å². The molecule has 1 aliphatic heterocycles. The summed E-state index contributed by atoms with van der Waals surface area (Å²) in [4.78, 5) is 28.7. The minimum absolute atomic E-state index is 0.251. The molecule has 0 saturated heterocycles. The van der Waals surface area contributed by atoms with Crippen molar-refractivity contribution in [2.45, 2.75) is 13.0 Å². The molecule has 6 heteroatoms. The van der Waals surface area contributed by atoms with Crippen LogP contribution < -0.4 is 10.6 Å². The molecule has 122 valence electrons. The van der Waals surface area contributed by atoms with Crippen LogP contribution in [0.15, 0.2) is 60.4 Å². The molecular weight excluding hydrogens is 306 g/mol. The Balaban J connectivity index is 2.16. The molecule has 6 nitrogen and oxygen atoms in total. The van der Waals surface area contributed by atoms with Gasteiger partial charge >= 0.3 is 12.0 Å². The van der Waals surface area contributed by atoms with Crippen molar-refractivity contribution in [3.05, 3.63) is 71.6 Å². The van der Waals surface area contributed by atoms with Gasteiger partial charge in [0.1, 0.15) is 0 Å². The summed E-state index contributed by atoms with van der Waals surface area (Å²) in [7, 11) is 0. The summed E-state index contributed by atoms with van der Waals surface area (Å²) >= 11 is 0. The van der Waals surface area contributed by atoms with Gasteiger partial charge in [0.15, 0.2) is 0 Å². The Kier molecular flexibility index (Phi) is 4.56. The van der Waals surface area contributed by atoms with Gasteiger partial charge in [-0.05, 0) is 30.2 Å². The van der Waals surface area contributed by atoms with Gasteiger partial charge in [0.25, 0.3) is 0 Å². The van der Waals surface area contributed by atoms with E-state index >= 15 is 0 Å². The lowest BCUT2D eigenvalue weighted by molar-refractivity contribution is -0.138. The Morgan fingerprint density at radius 3 is 2.54 bits per heavy atom. The molecule has 0 unspecified atom stereocenters. The zero-order valence-electron chi connectivity index (χ0n) is 13.2. The average Bonchev–Trinajstić information content (AvgIpc) is 2.62. The molecule has 0 aliphatic carbocycles. The van der Waals surface area contributed by atoms with E-state index in [1.165, 1.54) is 0 Å². The summed E-state index contributed by atoms with van der Waals surface area (Å²) in [6.07, 6.45) is 3.24. The number of aromatic nitrogens is 1. The lowest BCUT2D eigenvalue weighted by Crippen LogP contribution is -2.45. The molecule has 3 rings (SSSR count). The predicted molar refractivity (Wildman–Crippen MR) is 88.6 cm³/mol. The summed E-state index contributed by atoms with van der Waals surface area (Å²) in [5.74, 6) is -0.467. The Hall–Kier alpha value is -3.15. The number of pyridine rings is 1. The van der Waals surface area contributed by atoms with Crippen LogP contribution >= 0.6 is 0 Å². The van der Waals surface area contributed by atoms with Gasteiger partial charge in [-0.25, -0.2) is 9.59 Å². The number of nitrogens with one attached hydrogen (secondary N) is 2. The number of hydrogen-bond acceptors (Lipinski definition) is 4. The molecule has 0 spiro atoms. The zero-order chi connectivity index (χ0) is 16.9. The Morgan fingerprint density at radius 2 is 1.88 bits per heavy atom. The van der Waals surface area contributed by atoms with Crippen molar-refractivity contribution in [2.75, 3.05) is 6.61 Å². The zero-order valence-corrected chi connectivity index (χ0v) is 13.2. The van der Waals surface area contributed by atoms with Crippen molar-refractivity contribution in [1.29, 1.82) is 0 Å². The number of amides is 2. The monoisotopic (exact) mass is 323 g/mol. The lowest BCUT2D eigenvalue weighted by Gasteiger charge is -2.29. The third-order valence-electron chi connectivity index (χ3n) is 3.67. The standard InChI is InChI=1S/C18H17N3O3/c1-2-24-17(22)14-15(12-6-4-3-5-7-12)20-18(23)21-16(14)13-8-10-19-11-9-13/h3-11,16H,2H2,1H3,(H2,20,21,23)/t16-/m0/s1. The van der Waals surface area contributed by atoms with Crippen molar-refractivity contribution < 1.29 is 14.3 Å². The second-order valence-electron chi connectivity index (χ2n) is 5.19. The number of esters is 1. The third kappa shape index (κ3) is 3.12. The molecule has 0 bridgehead atoms. The highest BCUT2D eigenvalue weighted by molar-refractivity contribution is 6.04. The summed E-state index contributed by atoms with van der Waals surface area (Å²) in [5.41, 5.74) is 2.33. The summed E-state index contributed by atoms with van der Waals surface area (Å²) in [5, 5.41) is 5.52. The molecule has 2 heterocycles. The van der Waals surface area contributed by atoms with Gasteiger partial charge in [0.2, 0.25) is 0 Å². The number of carbonyl (C=O) groups is 2. The number of nitrogens with zero attached hydrogens (tertiary/aromatic N) is 1. The number of ether oxygens (including phenoxy) is 1. The van der Waals surface area contributed by atoms with E-state index in [1.54, 1.807) is 31.5 Å². The van der Waals surface area contributed by atoms with Crippen LogP contribution in [0.4, 0.5) is 4.79 Å². The fourth-order valence-corrected chi connectivity index (χ4v) is 2.63. The number of carbonyl (C=O) groups excluding carboxylic acids is 2. The maximum absolute atomic E-state index is 12.6. The van der Waals surface area contributed by atoms with Crippen LogP contribution in [0.25, 0.3) is 5.70 Å². The molecule has 0 saturated carbocycles. The Morgan fingerprint density at radius 1 is 1.17 bits per heavy atom. The van der Waals surface area contributed by atoms with E-state index in [2.05, 4.69) is 15.6 Å². The minimum atomic E-state index is -0.601. The van der Waals surface area contributed by atoms with E-state index in [0.717, 1.165) is 11.1 Å². The molecule has 0 radical (unpaired) electrons. The molecule has 1 aromatic heterocycles. The van der Waals surface area contributed by atoms with Crippen molar-refractivity contribution in [2.24, 2.45) is 0 Å². The molecular formula is C18H17N3O3. The topological polar surface area (TPSA) is 80.3 Å². The minimum Gasteiger partial charge on any atom is -0.463 e. The third-order valence-corrected chi connectivity index (χ3v) is 3.67. The van der Waals surface area contributed by atoms with Crippen molar-refractivity contribution in [3.63, 3.8) is 0 Å². The maximum atomic E-state index is 12.6. The predicted octanol–water partition coefficient (Wildman–Crippen LogP) is 2.41. The van der Waals surface area contributed by atoms with E-state index in [4.69, 9.17) is 4.74 Å². The van der Waals surface area contributed by atoms with Crippen LogP contribution in [0.2, 0.25) is 0 Å². The average molecular weight is 323 g/mol. The first-order valence-electron chi connectivity index (χ1n) is 7.65. The smallest absolute Gasteiger partial charge is 0.338 e. The molecule has 1 aliphatic rings. The van der Waals surface area contributed by atoms with Gasteiger partial charge in [-0.3, -0.25) is 4.98 Å². The fourth-order valence-electron chi connectivity index (χ4n) is 2.63. The first-order chi connectivity index (χ1) is 11.7. The van der Waals surface area contributed by atoms with E-state index in [1.807, 2.05) is 30.3 Å². The first-order valence-corrected chi connectivity index (χ1v) is 7.65. The van der Waals surface area contributed by atoms with Gasteiger partial charge in [-0.15, -0.1) is 0 Å². The quantitative estimate of drug-likeness (QED) is 0.847. The van der Waals surface area contributed by atoms with Crippen LogP contribution in [0.3, 0.4) is 0 Å². The van der Waals surface area contributed by atoms with Crippen LogP contribution in [0.1, 0.15) is 24.1 Å². The highest BCUT2D eigenvalue weighted by Crippen LogP contribution is 2.31. The Bertz CT molecular complexity index is 773. The van der Waals surface area contributed by atoms with E-state index in [9.17, 15) is 9.59 Å². The lowest BCUT2D eigenvalue weighted by atomic mass is 9.93. The second-order valence-corrected chi connectivity index (χ2v) is 5.19. The van der Waals surface area contributed by atoms with Crippen molar-refractivity contribution in [3.8, 4) is 0 Å².